The van der Waals surface area contributed by atoms with E-state index in [0.29, 0.717) is 6.04 Å². The number of nitrogens with zero attached hydrogens (tertiary/aromatic N) is 1. The summed E-state index contributed by atoms with van der Waals surface area (Å²) < 4.78 is 5.26. The van der Waals surface area contributed by atoms with Gasteiger partial charge in [-0.2, -0.15) is 11.8 Å². The minimum atomic E-state index is 0.111. The largest absolute Gasteiger partial charge is 0.375 e. The Hall–Kier alpha value is -0.100. The smallest absolute Gasteiger partial charge is 0.122 e. The molecule has 1 aromatic heterocycles. The van der Waals surface area contributed by atoms with Crippen LogP contribution in [0.25, 0.3) is 0 Å². The normalized spacial score (nSPS) is 24.0. The maximum Gasteiger partial charge on any atom is 0.122 e. The summed E-state index contributed by atoms with van der Waals surface area (Å²) >= 11 is 3.68. The highest BCUT2D eigenvalue weighted by Gasteiger charge is 2.19. The van der Waals surface area contributed by atoms with E-state index in [2.05, 4.69) is 15.7 Å². The van der Waals surface area contributed by atoms with E-state index < -0.39 is 0 Å². The van der Waals surface area contributed by atoms with Gasteiger partial charge in [0, 0.05) is 30.5 Å². The Morgan fingerprint density at radius 1 is 1.67 bits per heavy atom. The molecule has 0 bridgehead atoms. The first-order chi connectivity index (χ1) is 7.31. The molecule has 2 atom stereocenters. The predicted molar refractivity (Wildman–Crippen MR) is 65.6 cm³/mol. The fraction of sp³-hybridized carbons (Fsp3) is 0.700. The van der Waals surface area contributed by atoms with E-state index in [9.17, 15) is 0 Å². The van der Waals surface area contributed by atoms with Crippen LogP contribution in [0.4, 0.5) is 0 Å². The highest BCUT2D eigenvalue weighted by Crippen LogP contribution is 2.26. The van der Waals surface area contributed by atoms with Crippen LogP contribution in [-0.4, -0.2) is 30.1 Å². The summed E-state index contributed by atoms with van der Waals surface area (Å²) in [6, 6.07) is 0.429. The molecule has 1 aliphatic rings. The van der Waals surface area contributed by atoms with Gasteiger partial charge in [0.05, 0.1) is 11.7 Å². The lowest BCUT2D eigenvalue weighted by Crippen LogP contribution is -2.30. The molecule has 0 aromatic carbocycles. The second kappa shape index (κ2) is 5.30. The lowest BCUT2D eigenvalue weighted by atomic mass is 10.2. The minimum Gasteiger partial charge on any atom is -0.375 e. The maximum absolute atomic E-state index is 5.26. The topological polar surface area (TPSA) is 34.1 Å². The molecule has 0 saturated carbocycles. The highest BCUT2D eigenvalue weighted by atomic mass is 32.2. The van der Waals surface area contributed by atoms with Gasteiger partial charge >= 0.3 is 0 Å². The van der Waals surface area contributed by atoms with Crippen LogP contribution in [0.5, 0.6) is 0 Å². The molecular formula is C10H16N2OS2. The van der Waals surface area contributed by atoms with Crippen LogP contribution < -0.4 is 5.32 Å². The van der Waals surface area contributed by atoms with Crippen LogP contribution in [0.3, 0.4) is 0 Å². The number of aromatic nitrogens is 1. The molecule has 15 heavy (non-hydrogen) atoms. The zero-order chi connectivity index (χ0) is 10.7. The number of rotatable bonds is 3. The van der Waals surface area contributed by atoms with Gasteiger partial charge in [0.15, 0.2) is 0 Å². The van der Waals surface area contributed by atoms with Gasteiger partial charge < -0.3 is 10.1 Å². The van der Waals surface area contributed by atoms with Crippen molar-refractivity contribution in [1.82, 2.24) is 10.3 Å². The molecule has 0 spiro atoms. The molecule has 0 aliphatic carbocycles. The summed E-state index contributed by atoms with van der Waals surface area (Å²) in [7, 11) is 1.72. The van der Waals surface area contributed by atoms with Crippen molar-refractivity contribution >= 4 is 23.1 Å². The van der Waals surface area contributed by atoms with Gasteiger partial charge in [-0.1, -0.05) is 0 Å². The number of nitrogens with one attached hydrogen (secondary N) is 1. The molecule has 0 radical (unpaired) electrons. The molecular weight excluding hydrogens is 228 g/mol. The number of ether oxygens (including phenoxy) is 1. The molecule has 2 rings (SSSR count). The third-order valence-corrected chi connectivity index (χ3v) is 4.61. The first kappa shape index (κ1) is 11.4. The van der Waals surface area contributed by atoms with E-state index in [4.69, 9.17) is 4.74 Å². The summed E-state index contributed by atoms with van der Waals surface area (Å²) in [5, 5.41) is 6.71. The minimum absolute atomic E-state index is 0.111. The number of hydrogen-bond donors (Lipinski definition) is 1. The van der Waals surface area contributed by atoms with E-state index >= 15 is 0 Å². The monoisotopic (exact) mass is 244 g/mol. The van der Waals surface area contributed by atoms with Gasteiger partial charge in [-0.15, -0.1) is 11.3 Å². The van der Waals surface area contributed by atoms with Crippen LogP contribution in [0.2, 0.25) is 0 Å². The third-order valence-electron chi connectivity index (χ3n) is 2.52. The van der Waals surface area contributed by atoms with Crippen molar-refractivity contribution in [3.8, 4) is 0 Å². The molecule has 5 heteroatoms. The van der Waals surface area contributed by atoms with Gasteiger partial charge in [-0.25, -0.2) is 4.98 Å². The Labute approximate surface area is 98.6 Å². The average molecular weight is 244 g/mol. The fourth-order valence-corrected chi connectivity index (χ4v) is 3.36. The molecule has 3 nitrogen and oxygen atoms in total. The molecule has 2 heterocycles. The van der Waals surface area contributed by atoms with Crippen molar-refractivity contribution in [1.29, 1.82) is 0 Å². The summed E-state index contributed by atoms with van der Waals surface area (Å²) in [5.74, 6) is 2.34. The zero-order valence-electron chi connectivity index (χ0n) is 9.03. The van der Waals surface area contributed by atoms with Crippen LogP contribution in [0.1, 0.15) is 29.8 Å². The van der Waals surface area contributed by atoms with E-state index in [1.807, 2.05) is 18.7 Å². The lowest BCUT2D eigenvalue weighted by molar-refractivity contribution is 0.119. The second-order valence-electron chi connectivity index (χ2n) is 3.57. The molecule has 2 unspecified atom stereocenters. The molecule has 84 valence electrons. The molecule has 1 fully saturated rings. The Kier molecular flexibility index (Phi) is 4.02. The van der Waals surface area contributed by atoms with Crippen molar-refractivity contribution in [2.24, 2.45) is 0 Å². The Morgan fingerprint density at radius 3 is 3.20 bits per heavy atom. The third kappa shape index (κ3) is 2.72. The maximum atomic E-state index is 5.26. The Morgan fingerprint density at radius 2 is 2.53 bits per heavy atom. The van der Waals surface area contributed by atoms with Crippen molar-refractivity contribution in [3.05, 3.63) is 16.1 Å². The van der Waals surface area contributed by atoms with Gasteiger partial charge in [0.25, 0.3) is 0 Å². The van der Waals surface area contributed by atoms with Gasteiger partial charge in [0.2, 0.25) is 0 Å². The van der Waals surface area contributed by atoms with Gasteiger partial charge in [-0.3, -0.25) is 0 Å². The van der Waals surface area contributed by atoms with Crippen LogP contribution in [0, 0.1) is 0 Å². The molecule has 1 aromatic rings. The number of thiazole rings is 1. The summed E-state index contributed by atoms with van der Waals surface area (Å²) in [4.78, 5) is 4.62. The Bertz CT molecular complexity index is 310. The number of methoxy groups -OCH3 is 1. The van der Waals surface area contributed by atoms with Gasteiger partial charge in [0.1, 0.15) is 11.1 Å². The van der Waals surface area contributed by atoms with E-state index in [0.717, 1.165) is 17.3 Å². The van der Waals surface area contributed by atoms with Crippen LogP contribution in [-0.2, 0) is 4.74 Å². The lowest BCUT2D eigenvalue weighted by Gasteiger charge is -2.21. The van der Waals surface area contributed by atoms with Crippen LogP contribution in [0.15, 0.2) is 5.38 Å². The molecule has 0 amide bonds. The quantitative estimate of drug-likeness (QED) is 0.884. The number of thioether (sulfide) groups is 1. The van der Waals surface area contributed by atoms with E-state index in [-0.39, 0.29) is 6.10 Å². The predicted octanol–water partition coefficient (Wildman–Crippen LogP) is 2.23. The van der Waals surface area contributed by atoms with E-state index in [1.54, 1.807) is 18.4 Å². The van der Waals surface area contributed by atoms with Gasteiger partial charge in [-0.05, 0) is 6.92 Å². The summed E-state index contributed by atoms with van der Waals surface area (Å²) in [6.45, 7) is 3.12. The molecule has 1 saturated heterocycles. The standard InChI is InChI=1S/C10H16N2OS2/c1-7(13-2)10-12-9(6-15-10)8-5-14-4-3-11-8/h6-8,11H,3-5H2,1-2H3. The molecule has 1 aliphatic heterocycles. The first-order valence-corrected chi connectivity index (χ1v) is 7.14. The zero-order valence-corrected chi connectivity index (χ0v) is 10.7. The van der Waals surface area contributed by atoms with Crippen molar-refractivity contribution in [2.75, 3.05) is 25.2 Å². The van der Waals surface area contributed by atoms with Crippen molar-refractivity contribution < 1.29 is 4.74 Å². The number of hydrogen-bond acceptors (Lipinski definition) is 5. The summed E-state index contributed by atoms with van der Waals surface area (Å²) in [6.07, 6.45) is 0.111. The SMILES string of the molecule is COC(C)c1nc(C2CSCCN2)cs1. The van der Waals surface area contributed by atoms with Crippen molar-refractivity contribution in [2.45, 2.75) is 19.1 Å². The van der Waals surface area contributed by atoms with E-state index in [1.165, 1.54) is 11.4 Å². The first-order valence-electron chi connectivity index (χ1n) is 5.10. The van der Waals surface area contributed by atoms with Crippen LogP contribution >= 0.6 is 23.1 Å². The average Bonchev–Trinajstić information content (AvgIpc) is 2.78. The molecule has 1 N–H and O–H groups in total. The second-order valence-corrected chi connectivity index (χ2v) is 5.61. The summed E-state index contributed by atoms with van der Waals surface area (Å²) in [5.41, 5.74) is 1.17. The Balaban J connectivity index is 2.05. The van der Waals surface area contributed by atoms with Crippen molar-refractivity contribution in [3.63, 3.8) is 0 Å². The fourth-order valence-electron chi connectivity index (χ4n) is 1.50. The highest BCUT2D eigenvalue weighted by molar-refractivity contribution is 7.99.